The summed E-state index contributed by atoms with van der Waals surface area (Å²) in [5, 5.41) is 23.5. The number of carbonyl (C=O) groups excluding carboxylic acids is 4. The summed E-state index contributed by atoms with van der Waals surface area (Å²) in [6.07, 6.45) is 12.5. The summed E-state index contributed by atoms with van der Waals surface area (Å²) >= 11 is 0. The highest BCUT2D eigenvalue weighted by molar-refractivity contribution is 6.47. The van der Waals surface area contributed by atoms with Crippen LogP contribution in [0.15, 0.2) is 83.8 Å². The van der Waals surface area contributed by atoms with E-state index in [1.807, 2.05) is 13.0 Å². The molecule has 0 unspecified atom stereocenters. The number of nitrogens with two attached hydrogens (primary N) is 4. The predicted molar refractivity (Wildman–Crippen MR) is 261 cm³/mol. The third-order valence-electron chi connectivity index (χ3n) is 9.85. The zero-order chi connectivity index (χ0) is 50.2. The zero-order valence-electron chi connectivity index (χ0n) is 39.0. The molecule has 0 aliphatic rings. The first-order valence-electron chi connectivity index (χ1n) is 21.8. The number of nitrogens with zero attached hydrogens (tertiary/aromatic N) is 9. The van der Waals surface area contributed by atoms with E-state index in [0.717, 1.165) is 0 Å². The third kappa shape index (κ3) is 13.3. The number of benzene rings is 2. The number of fused-ring (bicyclic) bond motifs is 2. The van der Waals surface area contributed by atoms with Crippen molar-refractivity contribution in [1.29, 1.82) is 0 Å². The number of aryl methyl sites for hydroxylation is 2. The number of carboxylic acids is 1. The monoisotopic (exact) mass is 947 g/mol. The van der Waals surface area contributed by atoms with Gasteiger partial charge in [-0.25, -0.2) is 9.97 Å². The second kappa shape index (κ2) is 24.3. The van der Waals surface area contributed by atoms with Crippen LogP contribution in [0, 0.1) is 6.92 Å². The lowest BCUT2D eigenvalue weighted by Gasteiger charge is -2.13. The Balaban J connectivity index is 0.00000438. The molecule has 4 heterocycles. The van der Waals surface area contributed by atoms with Gasteiger partial charge in [-0.15, -0.1) is 0 Å². The predicted octanol–water partition coefficient (Wildman–Crippen LogP) is 3.83. The van der Waals surface area contributed by atoms with Crippen LogP contribution in [0.3, 0.4) is 0 Å². The number of imidazole rings is 2. The Hall–Kier alpha value is -8.60. The number of allylic oxidation sites excluding steroid dienone is 4. The molecule has 3 amide bonds. The summed E-state index contributed by atoms with van der Waals surface area (Å²) in [6, 6.07) is 7.72. The van der Waals surface area contributed by atoms with Gasteiger partial charge in [0.25, 0.3) is 11.8 Å². The van der Waals surface area contributed by atoms with Crippen molar-refractivity contribution in [2.45, 2.75) is 66.7 Å². The number of carboxylic acid groups (broad SMARTS) is 1. The molecule has 0 atom stereocenters. The Labute approximate surface area is 396 Å². The summed E-state index contributed by atoms with van der Waals surface area (Å²) in [7, 11) is 1.50. The summed E-state index contributed by atoms with van der Waals surface area (Å²) < 4.78 is 18.9. The van der Waals surface area contributed by atoms with E-state index >= 15 is 0 Å². The summed E-state index contributed by atoms with van der Waals surface area (Å²) in [4.78, 5) is 77.1. The maximum absolute atomic E-state index is 13.8. The number of rotatable bonds is 23. The molecule has 0 saturated carbocycles. The maximum atomic E-state index is 13.8. The lowest BCUT2D eigenvalue weighted by atomic mass is 10.1. The quantitative estimate of drug-likeness (QED) is 0.0208. The SMILES string of the molecule is CCN=C(/C=C(/C)N)C(=O)Nc1nc2cc(C(N)=O)cc(OC/C=C/Cn3cc(N)cn3)c2n1C/C=C/Cn1c(NC(=O)c2cc(C)nn2CC)nc2cc(C=O)cc(OCCCC(=O)O)c21.CN. The van der Waals surface area contributed by atoms with E-state index < -0.39 is 23.7 Å². The van der Waals surface area contributed by atoms with Crippen LogP contribution in [-0.2, 0) is 35.8 Å². The lowest BCUT2D eigenvalue weighted by Crippen LogP contribution is -2.24. The molecule has 69 heavy (non-hydrogen) atoms. The molecule has 23 nitrogen and oxygen atoms in total. The highest BCUT2D eigenvalue weighted by atomic mass is 16.5. The largest absolute Gasteiger partial charge is 0.491 e. The first-order chi connectivity index (χ1) is 33.2. The highest BCUT2D eigenvalue weighted by Crippen LogP contribution is 2.33. The number of hydrogen-bond donors (Lipinski definition) is 7. The minimum absolute atomic E-state index is 0.0199. The van der Waals surface area contributed by atoms with Gasteiger partial charge in [0, 0.05) is 55.6 Å². The van der Waals surface area contributed by atoms with E-state index in [-0.39, 0.29) is 84.9 Å². The normalized spacial score (nSPS) is 11.9. The van der Waals surface area contributed by atoms with Crippen molar-refractivity contribution in [3.63, 3.8) is 0 Å². The topological polar surface area (TPSA) is 336 Å². The Morgan fingerprint density at radius 1 is 0.870 bits per heavy atom. The number of aromatic nitrogens is 8. The van der Waals surface area contributed by atoms with Gasteiger partial charge in [-0.1, -0.05) is 18.2 Å². The maximum Gasteiger partial charge on any atom is 0.303 e. The Morgan fingerprint density at radius 3 is 2.12 bits per heavy atom. The minimum atomic E-state index is -0.987. The second-order valence-corrected chi connectivity index (χ2v) is 15.0. The van der Waals surface area contributed by atoms with Gasteiger partial charge < -0.3 is 46.6 Å². The fourth-order valence-corrected chi connectivity index (χ4v) is 6.96. The van der Waals surface area contributed by atoms with Gasteiger partial charge in [-0.2, -0.15) is 10.2 Å². The van der Waals surface area contributed by atoms with E-state index in [0.29, 0.717) is 65.2 Å². The molecule has 11 N–H and O–H groups in total. The highest BCUT2D eigenvalue weighted by Gasteiger charge is 2.23. The van der Waals surface area contributed by atoms with Crippen molar-refractivity contribution in [1.82, 2.24) is 38.7 Å². The van der Waals surface area contributed by atoms with Gasteiger partial charge in [0.15, 0.2) is 0 Å². The third-order valence-corrected chi connectivity index (χ3v) is 9.85. The average molecular weight is 948 g/mol. The van der Waals surface area contributed by atoms with Crippen LogP contribution in [0.5, 0.6) is 11.5 Å². The van der Waals surface area contributed by atoms with Gasteiger partial charge in [0.2, 0.25) is 17.8 Å². The summed E-state index contributed by atoms with van der Waals surface area (Å²) in [5.74, 6) is -2.11. The average Bonchev–Trinajstić information content (AvgIpc) is 4.10. The number of primary amides is 1. The molecular weight excluding hydrogens is 891 g/mol. The second-order valence-electron chi connectivity index (χ2n) is 15.0. The van der Waals surface area contributed by atoms with Gasteiger partial charge in [-0.3, -0.25) is 49.0 Å². The molecule has 0 aliphatic carbocycles. The van der Waals surface area contributed by atoms with Crippen LogP contribution in [0.1, 0.15) is 70.5 Å². The Morgan fingerprint density at radius 2 is 1.52 bits per heavy atom. The van der Waals surface area contributed by atoms with Crippen molar-refractivity contribution in [3.8, 4) is 11.5 Å². The number of ether oxygens (including phenoxy) is 2. The van der Waals surface area contributed by atoms with Crippen LogP contribution in [0.2, 0.25) is 0 Å². The number of aliphatic carboxylic acids is 1. The van der Waals surface area contributed by atoms with Crippen molar-refractivity contribution < 1.29 is 38.6 Å². The Bertz CT molecular complexity index is 2950. The fraction of sp³-hybridized carbons (Fsp3) is 0.304. The van der Waals surface area contributed by atoms with Gasteiger partial charge in [-0.05, 0) is 83.6 Å². The number of nitrogens with one attached hydrogen (secondary N) is 2. The zero-order valence-corrected chi connectivity index (χ0v) is 39.0. The van der Waals surface area contributed by atoms with E-state index in [1.54, 1.807) is 75.8 Å². The van der Waals surface area contributed by atoms with Gasteiger partial charge >= 0.3 is 5.97 Å². The smallest absolute Gasteiger partial charge is 0.303 e. The molecule has 0 radical (unpaired) electrons. The molecule has 0 spiro atoms. The van der Waals surface area contributed by atoms with Crippen LogP contribution >= 0.6 is 0 Å². The molecule has 4 aromatic heterocycles. The fourth-order valence-electron chi connectivity index (χ4n) is 6.96. The molecular formula is C46H57N15O8. The Kier molecular flexibility index (Phi) is 18.1. The number of aldehydes is 1. The van der Waals surface area contributed by atoms with Crippen LogP contribution in [0.4, 0.5) is 17.6 Å². The van der Waals surface area contributed by atoms with Gasteiger partial charge in [0.05, 0.1) is 41.8 Å². The number of amides is 3. The molecule has 0 aliphatic heterocycles. The number of hydrogen-bond acceptors (Lipinski definition) is 15. The number of nitrogen functional groups attached to an aromatic ring is 1. The van der Waals surface area contributed by atoms with Gasteiger partial charge in [0.1, 0.15) is 46.8 Å². The van der Waals surface area contributed by atoms with Crippen molar-refractivity contribution in [2.75, 3.05) is 43.2 Å². The van der Waals surface area contributed by atoms with E-state index in [2.05, 4.69) is 31.6 Å². The van der Waals surface area contributed by atoms with Crippen LogP contribution in [0.25, 0.3) is 22.1 Å². The van der Waals surface area contributed by atoms with E-state index in [9.17, 15) is 29.1 Å². The molecule has 23 heteroatoms. The van der Waals surface area contributed by atoms with E-state index in [4.69, 9.17) is 36.6 Å². The number of carbonyl (C=O) groups is 5. The first-order valence-corrected chi connectivity index (χ1v) is 21.8. The van der Waals surface area contributed by atoms with Crippen LogP contribution < -0.4 is 43.0 Å². The van der Waals surface area contributed by atoms with Crippen molar-refractivity contribution in [2.24, 2.45) is 22.2 Å². The molecule has 0 saturated heterocycles. The molecule has 6 aromatic rings. The standard InChI is InChI=1S/C45H52N14O8.CH5N/c1-5-49-34(18-27(3)46)42(64)53-44-52-33-22-30(41(48)63)23-37(66-16-10-9-13-56-25-31(47)24-50-56)40(33)58(44)15-8-7-14-57-39-32(20-29(26-60)21-36(39)67-17-11-12-38(61)62)51-45(57)54-43(65)35-19-28(4)55-59(35)6-2;1-2/h7-10,18-26H,5-6,11-17,46-47H2,1-4H3,(H2,48,63)(H,61,62)(H,51,54,65)(H,52,53,64);2H2,1H3/b8-7+,10-9+,27-18-,49-34?;. The van der Waals surface area contributed by atoms with Crippen LogP contribution in [-0.4, -0.2) is 106 Å². The molecule has 0 bridgehead atoms. The first kappa shape index (κ1) is 51.4. The molecule has 6 rings (SSSR count). The molecule has 0 fully saturated rings. The molecule has 364 valence electrons. The van der Waals surface area contributed by atoms with Crippen molar-refractivity contribution in [3.05, 3.63) is 101 Å². The van der Waals surface area contributed by atoms with E-state index in [1.165, 1.54) is 37.5 Å². The minimum Gasteiger partial charge on any atom is -0.491 e. The van der Waals surface area contributed by atoms with Crippen molar-refractivity contribution >= 4 is 75.3 Å². The summed E-state index contributed by atoms with van der Waals surface area (Å²) in [6.45, 7) is 8.43. The summed E-state index contributed by atoms with van der Waals surface area (Å²) in [5.41, 5.74) is 25.7. The number of aliphatic imine (C=N–C) groups is 1. The number of anilines is 3. The lowest BCUT2D eigenvalue weighted by molar-refractivity contribution is -0.137. The molecule has 2 aromatic carbocycles.